The van der Waals surface area contributed by atoms with Crippen LogP contribution in [0, 0.1) is 6.92 Å². The molecule has 0 radical (unpaired) electrons. The van der Waals surface area contributed by atoms with E-state index >= 15 is 0 Å². The van der Waals surface area contributed by atoms with Crippen LogP contribution in [0.5, 0.6) is 0 Å². The fourth-order valence-corrected chi connectivity index (χ4v) is 2.98. The van der Waals surface area contributed by atoms with Crippen LogP contribution in [0.3, 0.4) is 0 Å². The van der Waals surface area contributed by atoms with Gasteiger partial charge in [0, 0.05) is 41.1 Å². The van der Waals surface area contributed by atoms with Gasteiger partial charge >= 0.3 is 0 Å². The summed E-state index contributed by atoms with van der Waals surface area (Å²) in [6.45, 7) is 6.20. The van der Waals surface area contributed by atoms with E-state index in [2.05, 4.69) is 39.1 Å². The Bertz CT molecular complexity index is 1100. The van der Waals surface area contributed by atoms with E-state index in [4.69, 9.17) is 4.42 Å². The van der Waals surface area contributed by atoms with Gasteiger partial charge in [-0.1, -0.05) is 26.0 Å². The van der Waals surface area contributed by atoms with Crippen molar-refractivity contribution in [3.63, 3.8) is 0 Å². The molecule has 1 N–H and O–H groups in total. The van der Waals surface area contributed by atoms with Crippen molar-refractivity contribution in [3.05, 3.63) is 72.4 Å². The Morgan fingerprint density at radius 3 is 2.71 bits per heavy atom. The van der Waals surface area contributed by atoms with Crippen LogP contribution in [0.2, 0.25) is 0 Å². The number of hydrogen-bond acceptors (Lipinski definition) is 6. The summed E-state index contributed by atoms with van der Waals surface area (Å²) in [6, 6.07) is 11.7. The number of rotatable bonds is 5. The molecule has 0 saturated heterocycles. The van der Waals surface area contributed by atoms with Crippen LogP contribution < -0.4 is 5.32 Å². The second kappa shape index (κ2) is 7.60. The highest BCUT2D eigenvalue weighted by molar-refractivity contribution is 5.68. The minimum atomic E-state index is 0.334. The SMILES string of the molecule is Cc1ccnc(Nc2cccc(-c3cnc(-c4ccncc4C(C)C)o3)c2)n1. The molecule has 0 bridgehead atoms. The zero-order chi connectivity index (χ0) is 19.5. The highest BCUT2D eigenvalue weighted by atomic mass is 16.4. The van der Waals surface area contributed by atoms with E-state index in [1.54, 1.807) is 18.6 Å². The van der Waals surface area contributed by atoms with Gasteiger partial charge in [-0.3, -0.25) is 4.98 Å². The molecule has 0 saturated carbocycles. The van der Waals surface area contributed by atoms with Gasteiger partial charge < -0.3 is 9.73 Å². The van der Waals surface area contributed by atoms with E-state index in [0.717, 1.165) is 28.1 Å². The number of anilines is 2. The minimum absolute atomic E-state index is 0.334. The smallest absolute Gasteiger partial charge is 0.227 e. The van der Waals surface area contributed by atoms with Crippen molar-refractivity contribution in [1.82, 2.24) is 19.9 Å². The predicted molar refractivity (Wildman–Crippen MR) is 109 cm³/mol. The number of hydrogen-bond donors (Lipinski definition) is 1. The zero-order valence-electron chi connectivity index (χ0n) is 16.0. The predicted octanol–water partition coefficient (Wildman–Crippen LogP) is 5.37. The number of aryl methyl sites for hydroxylation is 1. The summed E-state index contributed by atoms with van der Waals surface area (Å²) in [5, 5.41) is 3.22. The van der Waals surface area contributed by atoms with Crippen LogP contribution >= 0.6 is 0 Å². The van der Waals surface area contributed by atoms with Gasteiger partial charge in [-0.15, -0.1) is 0 Å². The summed E-state index contributed by atoms with van der Waals surface area (Å²) < 4.78 is 6.07. The normalized spacial score (nSPS) is 11.0. The monoisotopic (exact) mass is 371 g/mol. The van der Waals surface area contributed by atoms with Gasteiger partial charge in [0.2, 0.25) is 11.8 Å². The second-order valence-corrected chi connectivity index (χ2v) is 6.87. The first-order valence-corrected chi connectivity index (χ1v) is 9.17. The minimum Gasteiger partial charge on any atom is -0.436 e. The summed E-state index contributed by atoms with van der Waals surface area (Å²) in [7, 11) is 0. The summed E-state index contributed by atoms with van der Waals surface area (Å²) in [6.07, 6.45) is 7.12. The third-order valence-electron chi connectivity index (χ3n) is 4.41. The van der Waals surface area contributed by atoms with Gasteiger partial charge in [-0.2, -0.15) is 0 Å². The number of nitrogens with one attached hydrogen (secondary N) is 1. The molecule has 0 fully saturated rings. The maximum absolute atomic E-state index is 6.07. The molecule has 28 heavy (non-hydrogen) atoms. The van der Waals surface area contributed by atoms with Gasteiger partial charge in [-0.25, -0.2) is 15.0 Å². The van der Waals surface area contributed by atoms with Crippen molar-refractivity contribution < 1.29 is 4.42 Å². The number of benzene rings is 1. The third kappa shape index (κ3) is 3.76. The maximum atomic E-state index is 6.07. The van der Waals surface area contributed by atoms with Gasteiger partial charge in [-0.05, 0) is 42.7 Å². The van der Waals surface area contributed by atoms with Crippen LogP contribution in [0.1, 0.15) is 31.0 Å². The van der Waals surface area contributed by atoms with Crippen molar-refractivity contribution in [2.75, 3.05) is 5.32 Å². The molecule has 140 valence electrons. The Balaban J connectivity index is 1.63. The highest BCUT2D eigenvalue weighted by Crippen LogP contribution is 2.31. The van der Waals surface area contributed by atoms with Crippen molar-refractivity contribution in [1.29, 1.82) is 0 Å². The van der Waals surface area contributed by atoms with E-state index in [1.807, 2.05) is 49.5 Å². The molecule has 3 heterocycles. The first kappa shape index (κ1) is 17.9. The Morgan fingerprint density at radius 1 is 1.00 bits per heavy atom. The highest BCUT2D eigenvalue weighted by Gasteiger charge is 2.14. The Hall–Kier alpha value is -3.54. The average Bonchev–Trinajstić information content (AvgIpc) is 3.18. The van der Waals surface area contributed by atoms with Crippen LogP contribution in [-0.2, 0) is 0 Å². The van der Waals surface area contributed by atoms with E-state index in [-0.39, 0.29) is 0 Å². The van der Waals surface area contributed by atoms with E-state index in [1.165, 1.54) is 0 Å². The van der Waals surface area contributed by atoms with E-state index in [0.29, 0.717) is 23.5 Å². The van der Waals surface area contributed by atoms with Crippen molar-refractivity contribution >= 4 is 11.6 Å². The lowest BCUT2D eigenvalue weighted by atomic mass is 10.00. The molecule has 0 unspecified atom stereocenters. The lowest BCUT2D eigenvalue weighted by molar-refractivity contribution is 0.587. The molecule has 3 aromatic heterocycles. The van der Waals surface area contributed by atoms with Crippen molar-refractivity contribution in [3.8, 4) is 22.8 Å². The van der Waals surface area contributed by atoms with Crippen LogP contribution in [-0.4, -0.2) is 19.9 Å². The molecule has 4 aromatic rings. The number of aromatic nitrogens is 4. The average molecular weight is 371 g/mol. The third-order valence-corrected chi connectivity index (χ3v) is 4.41. The molecule has 6 nitrogen and oxygen atoms in total. The first-order valence-electron chi connectivity index (χ1n) is 9.17. The van der Waals surface area contributed by atoms with Gasteiger partial charge in [0.1, 0.15) is 0 Å². The lowest BCUT2D eigenvalue weighted by Gasteiger charge is -2.09. The fourth-order valence-electron chi connectivity index (χ4n) is 2.98. The van der Waals surface area contributed by atoms with E-state index in [9.17, 15) is 0 Å². The first-order chi connectivity index (χ1) is 13.6. The van der Waals surface area contributed by atoms with Gasteiger partial charge in [0.05, 0.1) is 6.20 Å². The Morgan fingerprint density at radius 2 is 1.89 bits per heavy atom. The molecule has 0 amide bonds. The summed E-state index contributed by atoms with van der Waals surface area (Å²) >= 11 is 0. The quantitative estimate of drug-likeness (QED) is 0.508. The molecule has 4 rings (SSSR count). The summed E-state index contributed by atoms with van der Waals surface area (Å²) in [5.74, 6) is 2.20. The standard InChI is InChI=1S/C22H21N5O/c1-14(2)19-12-23-9-8-18(19)21-25-13-20(28-21)16-5-4-6-17(11-16)27-22-24-10-7-15(3)26-22/h4-14H,1-3H3,(H,24,26,27). The summed E-state index contributed by atoms with van der Waals surface area (Å²) in [4.78, 5) is 17.3. The molecular weight excluding hydrogens is 350 g/mol. The fraction of sp³-hybridized carbons (Fsp3) is 0.182. The molecule has 6 heteroatoms. The van der Waals surface area contributed by atoms with Crippen molar-refractivity contribution in [2.24, 2.45) is 0 Å². The molecule has 0 aliphatic heterocycles. The topological polar surface area (TPSA) is 76.7 Å². The molecule has 0 aliphatic rings. The molecule has 0 aliphatic carbocycles. The van der Waals surface area contributed by atoms with Crippen molar-refractivity contribution in [2.45, 2.75) is 26.7 Å². The second-order valence-electron chi connectivity index (χ2n) is 6.87. The molecule has 0 spiro atoms. The van der Waals surface area contributed by atoms with Gasteiger partial charge in [0.15, 0.2) is 5.76 Å². The largest absolute Gasteiger partial charge is 0.436 e. The van der Waals surface area contributed by atoms with Crippen LogP contribution in [0.25, 0.3) is 22.8 Å². The van der Waals surface area contributed by atoms with Crippen LogP contribution in [0.4, 0.5) is 11.6 Å². The molecule has 1 aromatic carbocycles. The molecular formula is C22H21N5O. The van der Waals surface area contributed by atoms with Gasteiger partial charge in [0.25, 0.3) is 0 Å². The van der Waals surface area contributed by atoms with Crippen LogP contribution in [0.15, 0.2) is 65.6 Å². The number of oxazole rings is 1. The lowest BCUT2D eigenvalue weighted by Crippen LogP contribution is -1.97. The molecule has 0 atom stereocenters. The van der Waals surface area contributed by atoms with E-state index < -0.39 is 0 Å². The Kier molecular flexibility index (Phi) is 4.85. The number of nitrogens with zero attached hydrogens (tertiary/aromatic N) is 4. The summed E-state index contributed by atoms with van der Waals surface area (Å²) in [5.41, 5.74) is 4.80. The Labute approximate surface area is 163 Å². The zero-order valence-corrected chi connectivity index (χ0v) is 16.0. The number of pyridine rings is 1. The maximum Gasteiger partial charge on any atom is 0.227 e.